The molecule has 1 saturated carbocycles. The number of ether oxygens (including phenoxy) is 1. The predicted octanol–water partition coefficient (Wildman–Crippen LogP) is 3.87. The molecule has 2 aromatic rings. The molecule has 1 aliphatic carbocycles. The molecule has 0 bridgehead atoms. The van der Waals surface area contributed by atoms with Crippen LogP contribution in [0.5, 0.6) is 0 Å². The van der Waals surface area contributed by atoms with Gasteiger partial charge in [-0.05, 0) is 65.7 Å². The van der Waals surface area contributed by atoms with E-state index >= 15 is 0 Å². The van der Waals surface area contributed by atoms with Crippen molar-refractivity contribution in [3.8, 4) is 0 Å². The van der Waals surface area contributed by atoms with Gasteiger partial charge in [-0.2, -0.15) is 0 Å². The SMILES string of the molecule is CC(C)(C)OC(=O)N1CCC(NC2CCC(n3cnc4cnc5c(c43)CCN5)CC2)CC1. The van der Waals surface area contributed by atoms with E-state index in [9.17, 15) is 4.79 Å². The van der Waals surface area contributed by atoms with E-state index in [4.69, 9.17) is 4.74 Å². The van der Waals surface area contributed by atoms with E-state index < -0.39 is 5.60 Å². The van der Waals surface area contributed by atoms with Crippen LogP contribution in [0.15, 0.2) is 12.5 Å². The molecule has 3 aliphatic rings. The van der Waals surface area contributed by atoms with Gasteiger partial charge in [0.25, 0.3) is 0 Å². The Labute approximate surface area is 190 Å². The second-order valence-corrected chi connectivity index (χ2v) is 10.6. The Morgan fingerprint density at radius 1 is 1.09 bits per heavy atom. The summed E-state index contributed by atoms with van der Waals surface area (Å²) in [6.45, 7) is 8.28. The fourth-order valence-corrected chi connectivity index (χ4v) is 5.48. The Hall–Kier alpha value is -2.35. The highest BCUT2D eigenvalue weighted by Gasteiger charge is 2.30. The number of likely N-dealkylation sites (tertiary alicyclic amines) is 1. The molecule has 4 heterocycles. The second-order valence-electron chi connectivity index (χ2n) is 10.6. The number of aromatic nitrogens is 3. The van der Waals surface area contributed by atoms with Gasteiger partial charge in [0.05, 0.1) is 18.0 Å². The van der Waals surface area contributed by atoms with E-state index in [0.717, 1.165) is 50.2 Å². The molecule has 1 amide bonds. The maximum absolute atomic E-state index is 12.3. The summed E-state index contributed by atoms with van der Waals surface area (Å²) in [4.78, 5) is 23.3. The first-order valence-corrected chi connectivity index (χ1v) is 12.2. The van der Waals surface area contributed by atoms with E-state index in [1.54, 1.807) is 0 Å². The molecule has 0 spiro atoms. The van der Waals surface area contributed by atoms with Gasteiger partial charge < -0.3 is 24.8 Å². The van der Waals surface area contributed by atoms with E-state index in [1.165, 1.54) is 36.8 Å². The molecule has 0 aromatic carbocycles. The Bertz CT molecular complexity index is 965. The molecule has 8 heteroatoms. The fourth-order valence-electron chi connectivity index (χ4n) is 5.48. The molecule has 0 unspecified atom stereocenters. The van der Waals surface area contributed by atoms with Crippen molar-refractivity contribution in [1.29, 1.82) is 0 Å². The van der Waals surface area contributed by atoms with Crippen molar-refractivity contribution in [2.75, 3.05) is 25.0 Å². The lowest BCUT2D eigenvalue weighted by Gasteiger charge is -2.37. The van der Waals surface area contributed by atoms with Crippen molar-refractivity contribution < 1.29 is 9.53 Å². The monoisotopic (exact) mass is 440 g/mol. The number of hydrogen-bond acceptors (Lipinski definition) is 6. The Morgan fingerprint density at radius 3 is 2.53 bits per heavy atom. The number of carbonyl (C=O) groups is 1. The van der Waals surface area contributed by atoms with Crippen molar-refractivity contribution in [2.45, 2.75) is 89.4 Å². The van der Waals surface area contributed by atoms with E-state index in [2.05, 4.69) is 25.2 Å². The van der Waals surface area contributed by atoms with Gasteiger partial charge in [-0.3, -0.25) is 0 Å². The van der Waals surface area contributed by atoms with Crippen LogP contribution in [-0.2, 0) is 11.2 Å². The molecule has 2 fully saturated rings. The maximum atomic E-state index is 12.3. The summed E-state index contributed by atoms with van der Waals surface area (Å²) in [5, 5.41) is 7.28. The average Bonchev–Trinajstić information content (AvgIpc) is 3.40. The minimum Gasteiger partial charge on any atom is -0.444 e. The van der Waals surface area contributed by atoms with E-state index in [-0.39, 0.29) is 6.09 Å². The van der Waals surface area contributed by atoms with Gasteiger partial charge in [-0.1, -0.05) is 0 Å². The van der Waals surface area contributed by atoms with E-state index in [1.807, 2.05) is 38.2 Å². The summed E-state index contributed by atoms with van der Waals surface area (Å²) in [6.07, 6.45) is 11.5. The van der Waals surface area contributed by atoms with Gasteiger partial charge in [0, 0.05) is 43.3 Å². The average molecular weight is 441 g/mol. The summed E-state index contributed by atoms with van der Waals surface area (Å²) in [7, 11) is 0. The highest BCUT2D eigenvalue weighted by atomic mass is 16.6. The fraction of sp³-hybridized carbons (Fsp3) is 0.708. The van der Waals surface area contributed by atoms with E-state index in [0.29, 0.717) is 18.1 Å². The third kappa shape index (κ3) is 4.42. The highest BCUT2D eigenvalue weighted by molar-refractivity contribution is 5.83. The molecule has 2 N–H and O–H groups in total. The molecule has 1 saturated heterocycles. The zero-order chi connectivity index (χ0) is 22.3. The lowest BCUT2D eigenvalue weighted by molar-refractivity contribution is 0.0194. The molecule has 32 heavy (non-hydrogen) atoms. The quantitative estimate of drug-likeness (QED) is 0.754. The molecule has 0 radical (unpaired) electrons. The topological polar surface area (TPSA) is 84.3 Å². The van der Waals surface area contributed by atoms with Crippen molar-refractivity contribution in [1.82, 2.24) is 24.8 Å². The number of carbonyl (C=O) groups excluding carboxylic acids is 1. The summed E-state index contributed by atoms with van der Waals surface area (Å²) < 4.78 is 7.93. The van der Waals surface area contributed by atoms with Crippen LogP contribution in [0.1, 0.15) is 70.9 Å². The van der Waals surface area contributed by atoms with Crippen LogP contribution >= 0.6 is 0 Å². The summed E-state index contributed by atoms with van der Waals surface area (Å²) >= 11 is 0. The van der Waals surface area contributed by atoms with Gasteiger partial charge >= 0.3 is 6.09 Å². The van der Waals surface area contributed by atoms with Crippen molar-refractivity contribution in [3.05, 3.63) is 18.1 Å². The maximum Gasteiger partial charge on any atom is 0.410 e. The second kappa shape index (κ2) is 8.54. The van der Waals surface area contributed by atoms with Crippen molar-refractivity contribution >= 4 is 22.9 Å². The van der Waals surface area contributed by atoms with Gasteiger partial charge in [0.1, 0.15) is 16.9 Å². The van der Waals surface area contributed by atoms with Crippen LogP contribution in [0.2, 0.25) is 0 Å². The van der Waals surface area contributed by atoms with Crippen LogP contribution in [-0.4, -0.2) is 62.8 Å². The lowest BCUT2D eigenvalue weighted by Crippen LogP contribution is -2.49. The molecule has 5 rings (SSSR count). The van der Waals surface area contributed by atoms with Crippen molar-refractivity contribution in [2.24, 2.45) is 0 Å². The molecular weight excluding hydrogens is 404 g/mol. The number of pyridine rings is 1. The first-order chi connectivity index (χ1) is 15.4. The summed E-state index contributed by atoms with van der Waals surface area (Å²) in [5.41, 5.74) is 3.20. The summed E-state index contributed by atoms with van der Waals surface area (Å²) in [5.74, 6) is 1.03. The highest BCUT2D eigenvalue weighted by Crippen LogP contribution is 2.35. The predicted molar refractivity (Wildman–Crippen MR) is 125 cm³/mol. The van der Waals surface area contributed by atoms with Crippen LogP contribution in [0.3, 0.4) is 0 Å². The molecule has 2 aromatic heterocycles. The lowest BCUT2D eigenvalue weighted by atomic mass is 9.89. The van der Waals surface area contributed by atoms with Gasteiger partial charge in [0.2, 0.25) is 0 Å². The first kappa shape index (κ1) is 21.5. The largest absolute Gasteiger partial charge is 0.444 e. The van der Waals surface area contributed by atoms with Crippen molar-refractivity contribution in [3.63, 3.8) is 0 Å². The molecule has 174 valence electrons. The number of piperidine rings is 1. The van der Waals surface area contributed by atoms with Gasteiger partial charge in [-0.25, -0.2) is 14.8 Å². The third-order valence-electron chi connectivity index (χ3n) is 7.09. The Morgan fingerprint density at radius 2 is 1.81 bits per heavy atom. The summed E-state index contributed by atoms with van der Waals surface area (Å²) in [6, 6.07) is 1.57. The number of fused-ring (bicyclic) bond motifs is 3. The third-order valence-corrected chi connectivity index (χ3v) is 7.09. The smallest absolute Gasteiger partial charge is 0.410 e. The molecular formula is C24H36N6O2. The van der Waals surface area contributed by atoms with Crippen LogP contribution in [0.4, 0.5) is 10.6 Å². The number of anilines is 1. The normalized spacial score (nSPS) is 24.4. The number of nitrogens with zero attached hydrogens (tertiary/aromatic N) is 4. The zero-order valence-corrected chi connectivity index (χ0v) is 19.6. The zero-order valence-electron chi connectivity index (χ0n) is 19.6. The Kier molecular flexibility index (Phi) is 5.73. The van der Waals surface area contributed by atoms with Gasteiger partial charge in [-0.15, -0.1) is 0 Å². The minimum absolute atomic E-state index is 0.180. The minimum atomic E-state index is -0.432. The van der Waals surface area contributed by atoms with Gasteiger partial charge in [0.15, 0.2) is 0 Å². The van der Waals surface area contributed by atoms with Crippen LogP contribution < -0.4 is 10.6 Å². The Balaban J connectivity index is 1.13. The van der Waals surface area contributed by atoms with Crippen LogP contribution in [0, 0.1) is 0 Å². The number of hydrogen-bond donors (Lipinski definition) is 2. The number of nitrogens with one attached hydrogen (secondary N) is 2. The first-order valence-electron chi connectivity index (χ1n) is 12.2. The molecule has 0 atom stereocenters. The number of amides is 1. The number of rotatable bonds is 3. The molecule has 2 aliphatic heterocycles. The molecule has 8 nitrogen and oxygen atoms in total. The number of imidazole rings is 1. The van der Waals surface area contributed by atoms with Crippen LogP contribution in [0.25, 0.3) is 11.0 Å². The standard InChI is InChI=1S/C24H36N6O2/c1-24(2,3)32-23(31)29-12-9-17(10-13-29)28-16-4-6-18(7-5-16)30-15-27-20-14-26-22-19(21(20)30)8-11-25-22/h14-18,28H,4-13H2,1-3H3,(H,25,26).